The molecule has 14 heavy (non-hydrogen) atoms. The lowest BCUT2D eigenvalue weighted by molar-refractivity contribution is 0.200. The van der Waals surface area contributed by atoms with Crippen LogP contribution >= 0.6 is 0 Å². The molecule has 1 rings (SSSR count). The summed E-state index contributed by atoms with van der Waals surface area (Å²) in [6.07, 6.45) is 0.628. The monoisotopic (exact) mass is 194 g/mol. The van der Waals surface area contributed by atoms with Crippen LogP contribution in [-0.4, -0.2) is 22.7 Å². The van der Waals surface area contributed by atoms with Crippen molar-refractivity contribution in [1.82, 2.24) is 4.98 Å². The molecule has 4 nitrogen and oxygen atoms in total. The fourth-order valence-electron chi connectivity index (χ4n) is 1.15. The lowest BCUT2D eigenvalue weighted by atomic mass is 10.2. The van der Waals surface area contributed by atoms with Gasteiger partial charge in [0, 0.05) is 12.7 Å². The van der Waals surface area contributed by atoms with Crippen molar-refractivity contribution < 1.29 is 9.90 Å². The number of nitrogens with zero attached hydrogens (tertiary/aromatic N) is 2. The Bertz CT molecular complexity index is 298. The second-order valence-electron chi connectivity index (χ2n) is 3.47. The van der Waals surface area contributed by atoms with E-state index < -0.39 is 6.09 Å². The van der Waals surface area contributed by atoms with Crippen molar-refractivity contribution in [2.24, 2.45) is 5.92 Å². The average molecular weight is 194 g/mol. The smallest absolute Gasteiger partial charge is 0.413 e. The van der Waals surface area contributed by atoms with Gasteiger partial charge in [0.15, 0.2) is 0 Å². The summed E-state index contributed by atoms with van der Waals surface area (Å²) in [5, 5.41) is 8.96. The highest BCUT2D eigenvalue weighted by Crippen LogP contribution is 2.11. The third kappa shape index (κ3) is 2.73. The maximum Gasteiger partial charge on any atom is 0.413 e. The molecule has 0 saturated carbocycles. The first-order chi connectivity index (χ1) is 6.61. The standard InChI is InChI=1S/C10H14N2O2/c1-8(2)7-12(10(13)14)9-5-3-4-6-11-9/h3-6,8H,7H2,1-2H3,(H,13,14). The number of aromatic nitrogens is 1. The number of rotatable bonds is 3. The predicted molar refractivity (Wildman–Crippen MR) is 54.4 cm³/mol. The van der Waals surface area contributed by atoms with Crippen molar-refractivity contribution in [3.63, 3.8) is 0 Å². The molecule has 0 atom stereocenters. The summed E-state index contributed by atoms with van der Waals surface area (Å²) in [6.45, 7) is 4.41. The molecule has 1 aromatic heterocycles. The van der Waals surface area contributed by atoms with Crippen molar-refractivity contribution in [2.45, 2.75) is 13.8 Å². The van der Waals surface area contributed by atoms with Gasteiger partial charge in [0.05, 0.1) is 0 Å². The molecule has 0 fully saturated rings. The maximum absolute atomic E-state index is 10.9. The minimum absolute atomic E-state index is 0.285. The van der Waals surface area contributed by atoms with Gasteiger partial charge in [-0.25, -0.2) is 9.78 Å². The van der Waals surface area contributed by atoms with Gasteiger partial charge in [0.1, 0.15) is 5.82 Å². The molecule has 1 aromatic rings. The van der Waals surface area contributed by atoms with E-state index >= 15 is 0 Å². The summed E-state index contributed by atoms with van der Waals surface area (Å²) in [4.78, 5) is 16.2. The Balaban J connectivity index is 2.84. The normalized spacial score (nSPS) is 10.2. The van der Waals surface area contributed by atoms with Crippen LogP contribution in [-0.2, 0) is 0 Å². The number of amides is 1. The molecule has 0 radical (unpaired) electrons. The summed E-state index contributed by atoms with van der Waals surface area (Å²) in [7, 11) is 0. The molecule has 0 saturated heterocycles. The molecule has 1 heterocycles. The summed E-state index contributed by atoms with van der Waals surface area (Å²) < 4.78 is 0. The van der Waals surface area contributed by atoms with Gasteiger partial charge in [-0.2, -0.15) is 0 Å². The summed E-state index contributed by atoms with van der Waals surface area (Å²) in [5.74, 6) is 0.766. The van der Waals surface area contributed by atoms with Gasteiger partial charge < -0.3 is 5.11 Å². The highest BCUT2D eigenvalue weighted by atomic mass is 16.4. The van der Waals surface area contributed by atoms with E-state index in [0.717, 1.165) is 0 Å². The Morgan fingerprint density at radius 3 is 2.71 bits per heavy atom. The highest BCUT2D eigenvalue weighted by molar-refractivity contribution is 5.84. The van der Waals surface area contributed by atoms with Crippen LogP contribution in [0.15, 0.2) is 24.4 Å². The summed E-state index contributed by atoms with van der Waals surface area (Å²) in [6, 6.07) is 5.23. The number of anilines is 1. The number of carbonyl (C=O) groups is 1. The van der Waals surface area contributed by atoms with E-state index in [9.17, 15) is 4.79 Å². The van der Waals surface area contributed by atoms with E-state index in [2.05, 4.69) is 4.98 Å². The van der Waals surface area contributed by atoms with Gasteiger partial charge in [0.25, 0.3) is 0 Å². The molecule has 0 aromatic carbocycles. The van der Waals surface area contributed by atoms with Gasteiger partial charge in [-0.1, -0.05) is 19.9 Å². The molecule has 0 bridgehead atoms. The first-order valence-electron chi connectivity index (χ1n) is 4.52. The van der Waals surface area contributed by atoms with Gasteiger partial charge in [0.2, 0.25) is 0 Å². The lowest BCUT2D eigenvalue weighted by Crippen LogP contribution is -2.33. The molecular formula is C10H14N2O2. The Labute approximate surface area is 83.2 Å². The third-order valence-electron chi connectivity index (χ3n) is 1.70. The van der Waals surface area contributed by atoms with Gasteiger partial charge >= 0.3 is 6.09 Å². The quantitative estimate of drug-likeness (QED) is 0.802. The van der Waals surface area contributed by atoms with E-state index in [1.807, 2.05) is 13.8 Å². The summed E-state index contributed by atoms with van der Waals surface area (Å²) >= 11 is 0. The predicted octanol–water partition coefficient (Wildman–Crippen LogP) is 2.22. The molecule has 0 spiro atoms. The minimum atomic E-state index is -0.961. The van der Waals surface area contributed by atoms with Gasteiger partial charge in [-0.05, 0) is 18.1 Å². The molecule has 76 valence electrons. The van der Waals surface area contributed by atoms with E-state index in [-0.39, 0.29) is 5.92 Å². The van der Waals surface area contributed by atoms with Crippen LogP contribution in [0.3, 0.4) is 0 Å². The molecule has 0 aliphatic carbocycles. The maximum atomic E-state index is 10.9. The van der Waals surface area contributed by atoms with Gasteiger partial charge in [-0.15, -0.1) is 0 Å². The Kier molecular flexibility index (Phi) is 3.45. The van der Waals surface area contributed by atoms with Crippen molar-refractivity contribution in [2.75, 3.05) is 11.4 Å². The molecular weight excluding hydrogens is 180 g/mol. The molecule has 4 heteroatoms. The Hall–Kier alpha value is -1.58. The van der Waals surface area contributed by atoms with E-state index in [0.29, 0.717) is 12.4 Å². The number of pyridine rings is 1. The third-order valence-corrected chi connectivity index (χ3v) is 1.70. The highest BCUT2D eigenvalue weighted by Gasteiger charge is 2.15. The fraction of sp³-hybridized carbons (Fsp3) is 0.400. The van der Waals surface area contributed by atoms with Crippen molar-refractivity contribution in [3.8, 4) is 0 Å². The van der Waals surface area contributed by atoms with Crippen LogP contribution in [0.2, 0.25) is 0 Å². The van der Waals surface area contributed by atoms with Crippen molar-refractivity contribution in [1.29, 1.82) is 0 Å². The van der Waals surface area contributed by atoms with Crippen LogP contribution in [0.1, 0.15) is 13.8 Å². The molecule has 1 amide bonds. The van der Waals surface area contributed by atoms with Crippen molar-refractivity contribution >= 4 is 11.9 Å². The molecule has 0 aliphatic heterocycles. The van der Waals surface area contributed by atoms with Crippen LogP contribution in [0, 0.1) is 5.92 Å². The topological polar surface area (TPSA) is 53.4 Å². The van der Waals surface area contributed by atoms with Gasteiger partial charge in [-0.3, -0.25) is 4.90 Å². The second-order valence-corrected chi connectivity index (χ2v) is 3.47. The number of hydrogen-bond acceptors (Lipinski definition) is 2. The van der Waals surface area contributed by atoms with Crippen LogP contribution in [0.4, 0.5) is 10.6 Å². The van der Waals surface area contributed by atoms with E-state index in [4.69, 9.17) is 5.11 Å². The van der Waals surface area contributed by atoms with E-state index in [1.54, 1.807) is 24.4 Å². The Morgan fingerprint density at radius 2 is 2.29 bits per heavy atom. The zero-order valence-electron chi connectivity index (χ0n) is 8.34. The molecule has 0 unspecified atom stereocenters. The molecule has 0 aliphatic rings. The zero-order valence-corrected chi connectivity index (χ0v) is 8.34. The zero-order chi connectivity index (χ0) is 10.6. The first-order valence-corrected chi connectivity index (χ1v) is 4.52. The number of hydrogen-bond donors (Lipinski definition) is 1. The fourth-order valence-corrected chi connectivity index (χ4v) is 1.15. The SMILES string of the molecule is CC(C)CN(C(=O)O)c1ccccn1. The van der Waals surface area contributed by atoms with Crippen LogP contribution in [0.25, 0.3) is 0 Å². The van der Waals surface area contributed by atoms with Crippen molar-refractivity contribution in [3.05, 3.63) is 24.4 Å². The number of carboxylic acid groups (broad SMARTS) is 1. The Morgan fingerprint density at radius 1 is 1.57 bits per heavy atom. The van der Waals surface area contributed by atoms with E-state index in [1.165, 1.54) is 4.90 Å². The lowest BCUT2D eigenvalue weighted by Gasteiger charge is -2.19. The first kappa shape index (κ1) is 10.5. The van der Waals surface area contributed by atoms with Crippen LogP contribution in [0.5, 0.6) is 0 Å². The average Bonchev–Trinajstić information content (AvgIpc) is 2.15. The largest absolute Gasteiger partial charge is 0.465 e. The van der Waals surface area contributed by atoms with Crippen LogP contribution < -0.4 is 4.90 Å². The minimum Gasteiger partial charge on any atom is -0.465 e. The molecule has 1 N–H and O–H groups in total. The summed E-state index contributed by atoms with van der Waals surface area (Å²) in [5.41, 5.74) is 0. The second kappa shape index (κ2) is 4.60.